The number of hydrogen-bond donors (Lipinski definition) is 1. The molecule has 29 heavy (non-hydrogen) atoms. The maximum absolute atomic E-state index is 13.7. The topological polar surface area (TPSA) is 29.5 Å². The molecule has 168 valence electrons. The molecule has 0 fully saturated rings. The van der Waals surface area contributed by atoms with E-state index in [-0.39, 0.29) is 12.4 Å². The van der Waals surface area contributed by atoms with E-state index < -0.39 is 48.0 Å². The molecule has 0 aliphatic carbocycles. The summed E-state index contributed by atoms with van der Waals surface area (Å²) in [4.78, 5) is 0. The molecule has 2 nitrogen and oxygen atoms in total. The number of aliphatic hydroxyl groups is 1. The van der Waals surface area contributed by atoms with Gasteiger partial charge in [-0.2, -0.15) is 48.3 Å². The van der Waals surface area contributed by atoms with Gasteiger partial charge in [-0.1, -0.05) is 19.1 Å². The normalized spacial score (nSPS) is 15.3. The van der Waals surface area contributed by atoms with Crippen molar-refractivity contribution in [1.82, 2.24) is 0 Å². The predicted molar refractivity (Wildman–Crippen MR) is 77.6 cm³/mol. The molecular weight excluding hydrogens is 433 g/mol. The molecule has 1 N–H and O–H groups in total. The van der Waals surface area contributed by atoms with Crippen LogP contribution in [0.1, 0.15) is 31.4 Å². The van der Waals surface area contributed by atoms with Crippen LogP contribution < -0.4 is 4.74 Å². The second kappa shape index (κ2) is 8.15. The first-order chi connectivity index (χ1) is 12.9. The van der Waals surface area contributed by atoms with Crippen LogP contribution in [0.2, 0.25) is 0 Å². The van der Waals surface area contributed by atoms with Gasteiger partial charge in [0.25, 0.3) is 0 Å². The van der Waals surface area contributed by atoms with Crippen LogP contribution in [0, 0.1) is 0 Å². The number of ether oxygens (including phenoxy) is 1. The van der Waals surface area contributed by atoms with E-state index in [1.54, 1.807) is 6.92 Å². The Morgan fingerprint density at radius 2 is 1.41 bits per heavy atom. The molecule has 0 radical (unpaired) electrons. The minimum Gasteiger partial charge on any atom is -0.494 e. The fourth-order valence-electron chi connectivity index (χ4n) is 2.13. The van der Waals surface area contributed by atoms with Crippen molar-refractivity contribution in [2.45, 2.75) is 55.7 Å². The second-order valence-electron chi connectivity index (χ2n) is 6.07. The van der Waals surface area contributed by atoms with Gasteiger partial charge in [0.15, 0.2) is 0 Å². The highest BCUT2D eigenvalue weighted by Gasteiger charge is 2.87. The van der Waals surface area contributed by atoms with Gasteiger partial charge in [0.1, 0.15) is 5.75 Å². The molecule has 13 heteroatoms. The number of alkyl halides is 11. The monoisotopic (exact) mass is 448 g/mol. The summed E-state index contributed by atoms with van der Waals surface area (Å²) in [6.45, 7) is 1.85. The summed E-state index contributed by atoms with van der Waals surface area (Å²) < 4.78 is 148. The Morgan fingerprint density at radius 1 is 0.862 bits per heavy atom. The third-order valence-corrected chi connectivity index (χ3v) is 3.77. The van der Waals surface area contributed by atoms with E-state index in [1.165, 1.54) is 6.07 Å². The number of rotatable bonds is 9. The van der Waals surface area contributed by atoms with Gasteiger partial charge in [-0.05, 0) is 24.1 Å². The summed E-state index contributed by atoms with van der Waals surface area (Å²) in [6.07, 6.45) is -11.9. The maximum Gasteiger partial charge on any atom is 0.460 e. The number of hydrogen-bond acceptors (Lipinski definition) is 2. The van der Waals surface area contributed by atoms with E-state index in [2.05, 4.69) is 0 Å². The Labute approximate surface area is 157 Å². The Balaban J connectivity index is 3.17. The third-order valence-electron chi connectivity index (χ3n) is 3.77. The van der Waals surface area contributed by atoms with Gasteiger partial charge in [-0.3, -0.25) is 0 Å². The first kappa shape index (κ1) is 25.2. The van der Waals surface area contributed by atoms with Gasteiger partial charge in [0, 0.05) is 6.42 Å². The number of benzene rings is 1. The van der Waals surface area contributed by atoms with E-state index in [1.807, 2.05) is 0 Å². The van der Waals surface area contributed by atoms with Crippen molar-refractivity contribution >= 4 is 0 Å². The maximum atomic E-state index is 13.7. The molecule has 0 aliphatic heterocycles. The Hall–Kier alpha value is -1.79. The highest BCUT2D eigenvalue weighted by Crippen LogP contribution is 2.58. The zero-order valence-corrected chi connectivity index (χ0v) is 14.5. The van der Waals surface area contributed by atoms with Crippen molar-refractivity contribution in [2.24, 2.45) is 0 Å². The molecule has 0 aromatic heterocycles. The third kappa shape index (κ3) is 4.69. The Bertz CT molecular complexity index is 686. The van der Waals surface area contributed by atoms with Crippen molar-refractivity contribution in [3.8, 4) is 5.75 Å². The average molecular weight is 448 g/mol. The molecular formula is C16H15F11O2. The van der Waals surface area contributed by atoms with Crippen molar-refractivity contribution in [3.05, 3.63) is 29.8 Å². The lowest BCUT2D eigenvalue weighted by molar-refractivity contribution is -0.423. The van der Waals surface area contributed by atoms with Crippen LogP contribution >= 0.6 is 0 Å². The molecule has 0 spiro atoms. The first-order valence-corrected chi connectivity index (χ1v) is 7.91. The van der Waals surface area contributed by atoms with Gasteiger partial charge in [-0.15, -0.1) is 0 Å². The lowest BCUT2D eigenvalue weighted by Gasteiger charge is -2.37. The highest BCUT2D eigenvalue weighted by atomic mass is 19.4. The molecule has 1 unspecified atom stereocenters. The lowest BCUT2D eigenvalue weighted by atomic mass is 9.92. The van der Waals surface area contributed by atoms with E-state index in [9.17, 15) is 53.4 Å². The fraction of sp³-hybridized carbons (Fsp3) is 0.625. The zero-order chi connectivity index (χ0) is 22.9. The minimum atomic E-state index is -7.49. The largest absolute Gasteiger partial charge is 0.494 e. The van der Waals surface area contributed by atoms with Crippen LogP contribution in [-0.4, -0.2) is 41.6 Å². The molecule has 1 aromatic carbocycles. The van der Waals surface area contributed by atoms with Gasteiger partial charge in [0.2, 0.25) is 0 Å². The van der Waals surface area contributed by atoms with Crippen LogP contribution in [-0.2, 0) is 0 Å². The molecule has 0 bridgehead atoms. The zero-order valence-electron chi connectivity index (χ0n) is 14.5. The average Bonchev–Trinajstić information content (AvgIpc) is 2.58. The molecule has 0 aliphatic rings. The summed E-state index contributed by atoms with van der Waals surface area (Å²) in [7, 11) is 0. The second-order valence-corrected chi connectivity index (χ2v) is 6.07. The summed E-state index contributed by atoms with van der Waals surface area (Å²) in [6, 6.07) is 4.24. The van der Waals surface area contributed by atoms with Crippen LogP contribution in [0.3, 0.4) is 0 Å². The predicted octanol–water partition coefficient (Wildman–Crippen LogP) is 6.00. The molecule has 1 atom stereocenters. The molecule has 1 rings (SSSR count). The van der Waals surface area contributed by atoms with Gasteiger partial charge < -0.3 is 9.84 Å². The van der Waals surface area contributed by atoms with Crippen LogP contribution in [0.4, 0.5) is 48.3 Å². The first-order valence-electron chi connectivity index (χ1n) is 7.91. The Morgan fingerprint density at radius 3 is 1.90 bits per heavy atom. The van der Waals surface area contributed by atoms with Crippen molar-refractivity contribution < 1.29 is 58.1 Å². The minimum absolute atomic E-state index is 0.00703. The van der Waals surface area contributed by atoms with E-state index in [0.29, 0.717) is 6.42 Å². The molecule has 0 saturated heterocycles. The van der Waals surface area contributed by atoms with Crippen LogP contribution in [0.5, 0.6) is 5.75 Å². The van der Waals surface area contributed by atoms with E-state index in [0.717, 1.165) is 18.2 Å². The van der Waals surface area contributed by atoms with Crippen molar-refractivity contribution in [1.29, 1.82) is 0 Å². The molecule has 0 saturated carbocycles. The summed E-state index contributed by atoms with van der Waals surface area (Å²) in [5.74, 6) is -28.2. The number of aliphatic hydroxyl groups excluding tert-OH is 1. The standard InChI is InChI=1S/C16H15F11O2/c1-2-6-29-10-5-3-4-9(7-10)11(28)8-12(17,18)13(19,20)14(21,22)15(23,24)16(25,26)27/h3-5,7,11,28H,2,6,8H2,1H3. The smallest absolute Gasteiger partial charge is 0.460 e. The highest BCUT2D eigenvalue weighted by molar-refractivity contribution is 5.30. The molecule has 1 aromatic rings. The summed E-state index contributed by atoms with van der Waals surface area (Å²) in [5, 5.41) is 9.67. The Kier molecular flexibility index (Phi) is 7.09. The van der Waals surface area contributed by atoms with Crippen molar-refractivity contribution in [3.63, 3.8) is 0 Å². The lowest BCUT2D eigenvalue weighted by Crippen LogP contribution is -2.66. The van der Waals surface area contributed by atoms with Gasteiger partial charge in [-0.25, -0.2) is 0 Å². The van der Waals surface area contributed by atoms with Crippen LogP contribution in [0.15, 0.2) is 24.3 Å². The fourth-order valence-corrected chi connectivity index (χ4v) is 2.13. The van der Waals surface area contributed by atoms with Gasteiger partial charge >= 0.3 is 29.9 Å². The summed E-state index contributed by atoms with van der Waals surface area (Å²) in [5.41, 5.74) is -0.528. The molecule has 0 amide bonds. The SMILES string of the molecule is CCCOc1cccc(C(O)CC(F)(F)C(F)(F)C(F)(F)C(F)(F)C(F)(F)F)c1. The van der Waals surface area contributed by atoms with Gasteiger partial charge in [0.05, 0.1) is 12.7 Å². The van der Waals surface area contributed by atoms with E-state index >= 15 is 0 Å². The van der Waals surface area contributed by atoms with E-state index in [4.69, 9.17) is 4.74 Å². The molecule has 0 heterocycles. The van der Waals surface area contributed by atoms with Crippen molar-refractivity contribution in [2.75, 3.05) is 6.61 Å². The quantitative estimate of drug-likeness (QED) is 0.470. The summed E-state index contributed by atoms with van der Waals surface area (Å²) >= 11 is 0. The number of halogens is 11. The van der Waals surface area contributed by atoms with Crippen LogP contribution in [0.25, 0.3) is 0 Å².